The summed E-state index contributed by atoms with van der Waals surface area (Å²) in [7, 11) is 0. The van der Waals surface area contributed by atoms with Crippen LogP contribution in [-0.4, -0.2) is 30.7 Å². The zero-order chi connectivity index (χ0) is 14.0. The fourth-order valence-corrected chi connectivity index (χ4v) is 2.68. The van der Waals surface area contributed by atoms with Crippen LogP contribution >= 0.6 is 11.8 Å². The van der Waals surface area contributed by atoms with Crippen LogP contribution in [0.25, 0.3) is 0 Å². The number of hydrogen-bond donors (Lipinski definition) is 1. The number of rotatable bonds is 3. The fraction of sp³-hybridized carbons (Fsp3) is 0.429. The minimum atomic E-state index is -0.429. The van der Waals surface area contributed by atoms with Gasteiger partial charge in [-0.3, -0.25) is 14.5 Å². The van der Waals surface area contributed by atoms with Gasteiger partial charge in [0, 0.05) is 10.6 Å². The average molecular weight is 278 g/mol. The van der Waals surface area contributed by atoms with Gasteiger partial charge in [0.1, 0.15) is 6.04 Å². The third-order valence-corrected chi connectivity index (χ3v) is 3.95. The molecule has 0 radical (unpaired) electrons. The summed E-state index contributed by atoms with van der Waals surface area (Å²) in [5.74, 6) is -0.0665. The van der Waals surface area contributed by atoms with E-state index in [9.17, 15) is 9.59 Å². The van der Waals surface area contributed by atoms with Crippen molar-refractivity contribution in [2.45, 2.75) is 24.8 Å². The summed E-state index contributed by atoms with van der Waals surface area (Å²) in [5, 5.41) is 2.65. The number of hydrogen-bond acceptors (Lipinski definition) is 3. The van der Waals surface area contributed by atoms with Crippen molar-refractivity contribution < 1.29 is 9.59 Å². The first-order chi connectivity index (χ1) is 9.04. The first-order valence-corrected chi connectivity index (χ1v) is 7.51. The molecule has 1 aromatic rings. The zero-order valence-electron chi connectivity index (χ0n) is 11.3. The van der Waals surface area contributed by atoms with Gasteiger partial charge in [-0.2, -0.15) is 0 Å². The SMILES string of the molecule is CSc1ccc(N2C(=O)CNC(=O)C2C(C)C)cc1. The molecule has 0 aliphatic carbocycles. The molecule has 0 bridgehead atoms. The van der Waals surface area contributed by atoms with Crippen LogP contribution in [0.1, 0.15) is 13.8 Å². The molecule has 0 spiro atoms. The Balaban J connectivity index is 2.36. The normalized spacial score (nSPS) is 19.8. The lowest BCUT2D eigenvalue weighted by molar-refractivity contribution is -0.131. The van der Waals surface area contributed by atoms with Crippen LogP contribution < -0.4 is 10.2 Å². The second-order valence-corrected chi connectivity index (χ2v) is 5.75. The predicted molar refractivity (Wildman–Crippen MR) is 77.3 cm³/mol. The van der Waals surface area contributed by atoms with E-state index in [0.717, 1.165) is 10.6 Å². The number of nitrogens with one attached hydrogen (secondary N) is 1. The Morgan fingerprint density at radius 1 is 1.26 bits per heavy atom. The van der Waals surface area contributed by atoms with Gasteiger partial charge in [-0.25, -0.2) is 0 Å². The van der Waals surface area contributed by atoms with Crippen molar-refractivity contribution in [2.75, 3.05) is 17.7 Å². The highest BCUT2D eigenvalue weighted by Crippen LogP contribution is 2.26. The molecule has 19 heavy (non-hydrogen) atoms. The van der Waals surface area contributed by atoms with E-state index >= 15 is 0 Å². The number of carbonyl (C=O) groups is 2. The Morgan fingerprint density at radius 3 is 2.42 bits per heavy atom. The van der Waals surface area contributed by atoms with Gasteiger partial charge in [0.2, 0.25) is 11.8 Å². The minimum absolute atomic E-state index is 0.0600. The molecule has 0 saturated carbocycles. The second kappa shape index (κ2) is 5.65. The Hall–Kier alpha value is -1.49. The standard InChI is InChI=1S/C14H18N2O2S/c1-9(2)13-14(18)15-8-12(17)16(13)10-4-6-11(19-3)7-5-10/h4-7,9,13H,8H2,1-3H3,(H,15,18). The van der Waals surface area contributed by atoms with Crippen LogP contribution in [-0.2, 0) is 9.59 Å². The molecule has 1 aromatic carbocycles. The summed E-state index contributed by atoms with van der Waals surface area (Å²) in [5.41, 5.74) is 0.788. The third-order valence-electron chi connectivity index (χ3n) is 3.21. The molecule has 2 rings (SSSR count). The van der Waals surface area contributed by atoms with Crippen LogP contribution in [0.5, 0.6) is 0 Å². The number of benzene rings is 1. The Morgan fingerprint density at radius 2 is 1.89 bits per heavy atom. The van der Waals surface area contributed by atoms with Crippen molar-refractivity contribution in [1.29, 1.82) is 0 Å². The van der Waals surface area contributed by atoms with Crippen LogP contribution in [0.4, 0.5) is 5.69 Å². The zero-order valence-corrected chi connectivity index (χ0v) is 12.2. The Labute approximate surface area is 117 Å². The van der Waals surface area contributed by atoms with Gasteiger partial charge in [-0.1, -0.05) is 13.8 Å². The maximum absolute atomic E-state index is 12.1. The van der Waals surface area contributed by atoms with Crippen molar-refractivity contribution in [3.63, 3.8) is 0 Å². The van der Waals surface area contributed by atoms with E-state index in [1.165, 1.54) is 0 Å². The van der Waals surface area contributed by atoms with Gasteiger partial charge >= 0.3 is 0 Å². The molecular formula is C14H18N2O2S. The number of nitrogens with zero attached hydrogens (tertiary/aromatic N) is 1. The third kappa shape index (κ3) is 2.76. The molecule has 1 heterocycles. The fourth-order valence-electron chi connectivity index (χ4n) is 2.27. The van der Waals surface area contributed by atoms with E-state index in [1.54, 1.807) is 16.7 Å². The van der Waals surface area contributed by atoms with E-state index in [-0.39, 0.29) is 24.3 Å². The van der Waals surface area contributed by atoms with Crippen LogP contribution in [0.15, 0.2) is 29.2 Å². The lowest BCUT2D eigenvalue weighted by atomic mass is 9.98. The number of thioether (sulfide) groups is 1. The first kappa shape index (κ1) is 13.9. The maximum atomic E-state index is 12.1. The summed E-state index contributed by atoms with van der Waals surface area (Å²) >= 11 is 1.65. The van der Waals surface area contributed by atoms with Crippen LogP contribution in [0.2, 0.25) is 0 Å². The van der Waals surface area contributed by atoms with Crippen molar-refractivity contribution >= 4 is 29.3 Å². The highest BCUT2D eigenvalue weighted by atomic mass is 32.2. The molecule has 102 valence electrons. The van der Waals surface area contributed by atoms with Crippen LogP contribution in [0, 0.1) is 5.92 Å². The maximum Gasteiger partial charge on any atom is 0.247 e. The first-order valence-electron chi connectivity index (χ1n) is 6.28. The van der Waals surface area contributed by atoms with Gasteiger partial charge in [0.05, 0.1) is 6.54 Å². The molecule has 5 heteroatoms. The van der Waals surface area contributed by atoms with E-state index in [1.807, 2.05) is 44.4 Å². The molecular weight excluding hydrogens is 260 g/mol. The lowest BCUT2D eigenvalue weighted by Crippen LogP contribution is -2.60. The number of amides is 2. The topological polar surface area (TPSA) is 49.4 Å². The summed E-state index contributed by atoms with van der Waals surface area (Å²) in [6, 6.07) is 7.31. The van der Waals surface area contributed by atoms with Gasteiger partial charge in [0.25, 0.3) is 0 Å². The average Bonchev–Trinajstić information content (AvgIpc) is 2.41. The summed E-state index contributed by atoms with van der Waals surface area (Å²) in [6.07, 6.45) is 2.01. The predicted octanol–water partition coefficient (Wildman–Crippen LogP) is 1.90. The van der Waals surface area contributed by atoms with Crippen molar-refractivity contribution in [2.24, 2.45) is 5.92 Å². The smallest absolute Gasteiger partial charge is 0.247 e. The molecule has 1 atom stereocenters. The quantitative estimate of drug-likeness (QED) is 0.859. The summed E-state index contributed by atoms with van der Waals surface area (Å²) in [6.45, 7) is 3.98. The number of piperazine rings is 1. The molecule has 1 fully saturated rings. The van der Waals surface area contributed by atoms with Gasteiger partial charge < -0.3 is 5.32 Å². The molecule has 1 saturated heterocycles. The molecule has 1 aliphatic rings. The summed E-state index contributed by atoms with van der Waals surface area (Å²) in [4.78, 5) is 26.9. The number of anilines is 1. The summed E-state index contributed by atoms with van der Waals surface area (Å²) < 4.78 is 0. The van der Waals surface area contributed by atoms with Crippen molar-refractivity contribution in [3.05, 3.63) is 24.3 Å². The van der Waals surface area contributed by atoms with Gasteiger partial charge in [0.15, 0.2) is 0 Å². The second-order valence-electron chi connectivity index (χ2n) is 4.87. The molecule has 4 nitrogen and oxygen atoms in total. The molecule has 2 amide bonds. The van der Waals surface area contributed by atoms with Crippen LogP contribution in [0.3, 0.4) is 0 Å². The molecule has 1 unspecified atom stereocenters. The van der Waals surface area contributed by atoms with Crippen molar-refractivity contribution in [1.82, 2.24) is 5.32 Å². The van der Waals surface area contributed by atoms with Gasteiger partial charge in [-0.05, 0) is 36.4 Å². The van der Waals surface area contributed by atoms with E-state index < -0.39 is 6.04 Å². The molecule has 1 aliphatic heterocycles. The Kier molecular flexibility index (Phi) is 4.14. The lowest BCUT2D eigenvalue weighted by Gasteiger charge is -2.37. The highest BCUT2D eigenvalue weighted by molar-refractivity contribution is 7.98. The largest absolute Gasteiger partial charge is 0.345 e. The molecule has 1 N–H and O–H groups in total. The van der Waals surface area contributed by atoms with E-state index in [0.29, 0.717) is 0 Å². The number of carbonyl (C=O) groups excluding carboxylic acids is 2. The molecule has 0 aromatic heterocycles. The monoisotopic (exact) mass is 278 g/mol. The van der Waals surface area contributed by atoms with Gasteiger partial charge in [-0.15, -0.1) is 11.8 Å². The van der Waals surface area contributed by atoms with E-state index in [2.05, 4.69) is 5.32 Å². The highest BCUT2D eigenvalue weighted by Gasteiger charge is 2.37. The van der Waals surface area contributed by atoms with E-state index in [4.69, 9.17) is 0 Å². The Bertz CT molecular complexity index is 485. The van der Waals surface area contributed by atoms with Crippen molar-refractivity contribution in [3.8, 4) is 0 Å². The minimum Gasteiger partial charge on any atom is -0.345 e.